The summed E-state index contributed by atoms with van der Waals surface area (Å²) in [6.07, 6.45) is 1.38. The first-order valence-corrected chi connectivity index (χ1v) is 17.3. The number of rotatable bonds is 8. The monoisotopic (exact) mass is 743 g/mol. The minimum Gasteiger partial charge on any atom is -0.444 e. The first-order chi connectivity index (χ1) is 25.1. The average molecular weight is 744 g/mol. The van der Waals surface area contributed by atoms with Gasteiger partial charge in [-0.1, -0.05) is 12.1 Å². The van der Waals surface area contributed by atoms with Crippen molar-refractivity contribution in [1.82, 2.24) is 25.5 Å². The summed E-state index contributed by atoms with van der Waals surface area (Å²) in [6.45, 7) is 7.17. The van der Waals surface area contributed by atoms with Gasteiger partial charge in [-0.3, -0.25) is 14.5 Å². The SMILES string of the molecule is CC(C)(C)OC(=O)N[C@H]1C[C@@H](N2CCN(c3ncc(N4CCC(O)(C(=O)NCc5cccc(F)c5F)C4=O)cn3)CC2)CO[C@@H]1c1cc(F)ccc1F. The van der Waals surface area contributed by atoms with Crippen molar-refractivity contribution in [2.45, 2.75) is 69.5 Å². The third-order valence-electron chi connectivity index (χ3n) is 9.52. The van der Waals surface area contributed by atoms with E-state index in [1.165, 1.54) is 29.4 Å². The molecule has 1 unspecified atom stereocenters. The predicted molar refractivity (Wildman–Crippen MR) is 183 cm³/mol. The maximum Gasteiger partial charge on any atom is 0.407 e. The van der Waals surface area contributed by atoms with Crippen molar-refractivity contribution in [2.24, 2.45) is 0 Å². The number of amides is 3. The largest absolute Gasteiger partial charge is 0.444 e. The van der Waals surface area contributed by atoms with Crippen LogP contribution in [0.1, 0.15) is 50.8 Å². The van der Waals surface area contributed by atoms with E-state index in [0.717, 1.165) is 24.3 Å². The number of piperazine rings is 1. The first kappa shape index (κ1) is 37.9. The summed E-state index contributed by atoms with van der Waals surface area (Å²) in [5, 5.41) is 16.1. The van der Waals surface area contributed by atoms with Crippen LogP contribution in [0.2, 0.25) is 0 Å². The van der Waals surface area contributed by atoms with Crippen LogP contribution >= 0.6 is 0 Å². The van der Waals surface area contributed by atoms with Crippen LogP contribution in [-0.4, -0.2) is 100 Å². The Morgan fingerprint density at radius 1 is 1.02 bits per heavy atom. The van der Waals surface area contributed by atoms with E-state index >= 15 is 0 Å². The summed E-state index contributed by atoms with van der Waals surface area (Å²) in [4.78, 5) is 52.9. The Bertz CT molecular complexity index is 1840. The fraction of sp³-hybridized carbons (Fsp3) is 0.472. The lowest BCUT2D eigenvalue weighted by Gasteiger charge is -2.44. The highest BCUT2D eigenvalue weighted by atomic mass is 19.2. The molecular weight excluding hydrogens is 702 g/mol. The zero-order valence-corrected chi connectivity index (χ0v) is 29.5. The Balaban J connectivity index is 1.05. The van der Waals surface area contributed by atoms with E-state index in [2.05, 4.69) is 25.5 Å². The highest BCUT2D eigenvalue weighted by Gasteiger charge is 2.52. The Hall–Kier alpha value is -4.87. The normalized spacial score (nSPS) is 23.9. The summed E-state index contributed by atoms with van der Waals surface area (Å²) in [6, 6.07) is 5.77. The van der Waals surface area contributed by atoms with Crippen molar-refractivity contribution < 1.29 is 46.5 Å². The molecule has 3 aromatic rings. The number of ether oxygens (including phenoxy) is 2. The van der Waals surface area contributed by atoms with Crippen molar-refractivity contribution in [1.29, 1.82) is 0 Å². The van der Waals surface area contributed by atoms with Gasteiger partial charge in [-0.2, -0.15) is 0 Å². The van der Waals surface area contributed by atoms with Crippen molar-refractivity contribution in [3.63, 3.8) is 0 Å². The second kappa shape index (κ2) is 15.2. The molecule has 3 fully saturated rings. The Morgan fingerprint density at radius 3 is 2.43 bits per heavy atom. The van der Waals surface area contributed by atoms with Gasteiger partial charge in [-0.25, -0.2) is 32.3 Å². The molecule has 284 valence electrons. The highest BCUT2D eigenvalue weighted by molar-refractivity contribution is 6.16. The average Bonchev–Trinajstić information content (AvgIpc) is 3.43. The molecule has 3 aliphatic heterocycles. The van der Waals surface area contributed by atoms with Crippen LogP contribution in [0.15, 0.2) is 48.8 Å². The summed E-state index contributed by atoms with van der Waals surface area (Å²) >= 11 is 0. The number of nitrogens with one attached hydrogen (secondary N) is 2. The summed E-state index contributed by atoms with van der Waals surface area (Å²) < 4.78 is 68.0. The van der Waals surface area contributed by atoms with Gasteiger partial charge in [0.2, 0.25) is 11.5 Å². The predicted octanol–water partition coefficient (Wildman–Crippen LogP) is 3.36. The van der Waals surface area contributed by atoms with E-state index in [0.29, 0.717) is 38.5 Å². The van der Waals surface area contributed by atoms with Crippen LogP contribution in [0.3, 0.4) is 0 Å². The molecule has 3 saturated heterocycles. The van der Waals surface area contributed by atoms with Gasteiger partial charge in [-0.15, -0.1) is 0 Å². The minimum absolute atomic E-state index is 0.00158. The minimum atomic E-state index is -2.41. The third-order valence-corrected chi connectivity index (χ3v) is 9.52. The van der Waals surface area contributed by atoms with Gasteiger partial charge in [0.05, 0.1) is 30.7 Å². The van der Waals surface area contributed by atoms with Gasteiger partial charge in [0.1, 0.15) is 23.3 Å². The van der Waals surface area contributed by atoms with Crippen LogP contribution in [0, 0.1) is 23.3 Å². The Kier molecular flexibility index (Phi) is 10.9. The molecule has 4 heterocycles. The number of carbonyl (C=O) groups is 3. The molecule has 0 radical (unpaired) electrons. The molecule has 0 spiro atoms. The molecular formula is C36H41F4N7O6. The molecule has 3 N–H and O–H groups in total. The number of benzene rings is 2. The van der Waals surface area contributed by atoms with Crippen LogP contribution in [0.25, 0.3) is 0 Å². The van der Waals surface area contributed by atoms with Gasteiger partial charge in [-0.05, 0) is 51.5 Å². The molecule has 1 aromatic heterocycles. The van der Waals surface area contributed by atoms with Gasteiger partial charge in [0, 0.05) is 62.9 Å². The topological polar surface area (TPSA) is 149 Å². The molecule has 0 bridgehead atoms. The molecule has 3 aliphatic rings. The van der Waals surface area contributed by atoms with E-state index in [1.54, 1.807) is 20.8 Å². The standard InChI is InChI=1S/C36H41F4N7O6/c1-35(2,3)53-34(50)44-28-16-23(20-52-30(28)25-15-22(37)7-8-26(25)38)45-11-13-46(14-12-45)33-42-18-24(19-43-33)47-10-9-36(51,32(47)49)31(48)41-17-21-5-4-6-27(39)29(21)40/h4-8,15,18-19,23,28,30,51H,9-14,16-17,20H2,1-3H3,(H,41,48)(H,44,50)/t23-,28+,30-,36?/m1/s1. The van der Waals surface area contributed by atoms with Gasteiger partial charge in [0.25, 0.3) is 11.8 Å². The van der Waals surface area contributed by atoms with E-state index in [4.69, 9.17) is 9.47 Å². The lowest BCUT2D eigenvalue weighted by atomic mass is 9.92. The summed E-state index contributed by atoms with van der Waals surface area (Å²) in [5.41, 5.74) is -3.03. The lowest BCUT2D eigenvalue weighted by Crippen LogP contribution is -2.57. The molecule has 6 rings (SSSR count). The first-order valence-electron chi connectivity index (χ1n) is 17.3. The molecule has 2 aromatic carbocycles. The molecule has 17 heteroatoms. The van der Waals surface area contributed by atoms with Crippen molar-refractivity contribution >= 4 is 29.5 Å². The second-order valence-electron chi connectivity index (χ2n) is 14.3. The molecule has 13 nitrogen and oxygen atoms in total. The number of halogens is 4. The van der Waals surface area contributed by atoms with Crippen LogP contribution in [0.5, 0.6) is 0 Å². The number of nitrogens with zero attached hydrogens (tertiary/aromatic N) is 5. The summed E-state index contributed by atoms with van der Waals surface area (Å²) in [5.74, 6) is -5.00. The Morgan fingerprint density at radius 2 is 1.74 bits per heavy atom. The van der Waals surface area contributed by atoms with Crippen LogP contribution in [0.4, 0.5) is 34.0 Å². The number of anilines is 2. The molecule has 53 heavy (non-hydrogen) atoms. The second-order valence-corrected chi connectivity index (χ2v) is 14.3. The highest BCUT2D eigenvalue weighted by Crippen LogP contribution is 2.34. The quantitative estimate of drug-likeness (QED) is 0.232. The van der Waals surface area contributed by atoms with Crippen LogP contribution in [-0.2, 0) is 25.6 Å². The van der Waals surface area contributed by atoms with E-state index in [9.17, 15) is 37.1 Å². The van der Waals surface area contributed by atoms with Gasteiger partial charge in [0.15, 0.2) is 11.6 Å². The smallest absolute Gasteiger partial charge is 0.407 e. The maximum atomic E-state index is 14.8. The van der Waals surface area contributed by atoms with Crippen molar-refractivity contribution in [3.05, 3.63) is 83.2 Å². The van der Waals surface area contributed by atoms with E-state index < -0.39 is 71.1 Å². The lowest BCUT2D eigenvalue weighted by molar-refractivity contribution is -0.149. The van der Waals surface area contributed by atoms with Crippen LogP contribution < -0.4 is 20.4 Å². The Labute approximate surface area is 303 Å². The maximum absolute atomic E-state index is 14.8. The fourth-order valence-corrected chi connectivity index (χ4v) is 6.78. The fourth-order valence-electron chi connectivity index (χ4n) is 6.78. The molecule has 0 saturated carbocycles. The third kappa shape index (κ3) is 8.36. The summed E-state index contributed by atoms with van der Waals surface area (Å²) in [7, 11) is 0. The number of aliphatic hydroxyl groups is 1. The molecule has 0 aliphatic carbocycles. The number of carbonyl (C=O) groups excluding carboxylic acids is 3. The van der Waals surface area contributed by atoms with Gasteiger partial charge < -0.3 is 35.0 Å². The van der Waals surface area contributed by atoms with Gasteiger partial charge >= 0.3 is 6.09 Å². The van der Waals surface area contributed by atoms with E-state index in [-0.39, 0.29) is 42.4 Å². The number of alkyl carbamates (subject to hydrolysis) is 1. The van der Waals surface area contributed by atoms with Crippen molar-refractivity contribution in [2.75, 3.05) is 49.1 Å². The molecule has 4 atom stereocenters. The zero-order valence-electron chi connectivity index (χ0n) is 29.5. The zero-order chi connectivity index (χ0) is 38.1. The number of hydrogen-bond acceptors (Lipinski definition) is 10. The van der Waals surface area contributed by atoms with Crippen molar-refractivity contribution in [3.8, 4) is 0 Å². The van der Waals surface area contributed by atoms with E-state index in [1.807, 2.05) is 4.90 Å². The number of hydrogen-bond donors (Lipinski definition) is 3. The number of aromatic nitrogens is 2. The molecule has 3 amide bonds.